The molecular weight excluding hydrogens is 405 g/mol. The molecule has 2 heterocycles. The molecule has 5 nitrogen and oxygen atoms in total. The van der Waals surface area contributed by atoms with Crippen LogP contribution >= 0.6 is 0 Å². The average molecular weight is 434 g/mol. The number of methoxy groups -OCH3 is 1. The number of benzene rings is 2. The van der Waals surface area contributed by atoms with Gasteiger partial charge in [-0.25, -0.2) is 4.39 Å². The van der Waals surface area contributed by atoms with Gasteiger partial charge in [0.25, 0.3) is 5.91 Å². The molecule has 2 atom stereocenters. The number of nitrogens with zero attached hydrogens (tertiary/aromatic N) is 2. The Hall–Kier alpha value is -3.25. The number of ether oxygens (including phenoxy) is 1. The molecule has 2 aromatic carbocycles. The number of aromatic nitrogens is 1. The number of hydrogen-bond donors (Lipinski definition) is 1. The van der Waals surface area contributed by atoms with Gasteiger partial charge in [-0.2, -0.15) is 0 Å². The maximum Gasteiger partial charge on any atom is 0.251 e. The smallest absolute Gasteiger partial charge is 0.251 e. The normalized spacial score (nSPS) is 17.5. The molecule has 6 heteroatoms. The van der Waals surface area contributed by atoms with Gasteiger partial charge in [-0.05, 0) is 73.3 Å². The lowest BCUT2D eigenvalue weighted by Gasteiger charge is -2.37. The highest BCUT2D eigenvalue weighted by Crippen LogP contribution is 2.30. The summed E-state index contributed by atoms with van der Waals surface area (Å²) in [5.41, 5.74) is 2.37. The van der Waals surface area contributed by atoms with Crippen LogP contribution in [-0.2, 0) is 6.54 Å². The monoisotopic (exact) mass is 433 g/mol. The highest BCUT2D eigenvalue weighted by molar-refractivity contribution is 5.94. The fraction of sp³-hybridized carbons (Fsp3) is 0.308. The van der Waals surface area contributed by atoms with E-state index in [9.17, 15) is 9.18 Å². The predicted octanol–water partition coefficient (Wildman–Crippen LogP) is 4.61. The summed E-state index contributed by atoms with van der Waals surface area (Å²) in [4.78, 5) is 19.9. The van der Waals surface area contributed by atoms with Gasteiger partial charge in [0, 0.05) is 24.8 Å². The van der Waals surface area contributed by atoms with Crippen molar-refractivity contribution in [1.29, 1.82) is 0 Å². The van der Waals surface area contributed by atoms with Crippen LogP contribution in [0, 0.1) is 11.7 Å². The zero-order valence-electron chi connectivity index (χ0n) is 18.2. The van der Waals surface area contributed by atoms with Crippen molar-refractivity contribution < 1.29 is 13.9 Å². The number of pyridine rings is 1. The lowest BCUT2D eigenvalue weighted by molar-refractivity contribution is 0.0874. The molecule has 166 valence electrons. The first-order chi connectivity index (χ1) is 15.6. The number of carbonyl (C=O) groups is 1. The van der Waals surface area contributed by atoms with Crippen LogP contribution in [0.1, 0.15) is 40.5 Å². The maximum atomic E-state index is 13.6. The number of piperidine rings is 1. The van der Waals surface area contributed by atoms with Crippen molar-refractivity contribution in [3.8, 4) is 5.75 Å². The van der Waals surface area contributed by atoms with Gasteiger partial charge in [0.1, 0.15) is 11.6 Å². The number of rotatable bonds is 7. The quantitative estimate of drug-likeness (QED) is 0.591. The minimum Gasteiger partial charge on any atom is -0.497 e. The minimum atomic E-state index is -0.421. The zero-order valence-corrected chi connectivity index (χ0v) is 18.2. The molecule has 0 bridgehead atoms. The first-order valence-corrected chi connectivity index (χ1v) is 10.9. The molecule has 1 aliphatic heterocycles. The molecule has 1 saturated heterocycles. The van der Waals surface area contributed by atoms with E-state index in [-0.39, 0.29) is 17.9 Å². The molecule has 3 aromatic rings. The lowest BCUT2D eigenvalue weighted by Crippen LogP contribution is -2.43. The van der Waals surface area contributed by atoms with Gasteiger partial charge in [-0.1, -0.05) is 24.3 Å². The van der Waals surface area contributed by atoms with Gasteiger partial charge in [0.2, 0.25) is 0 Å². The Morgan fingerprint density at radius 2 is 2.03 bits per heavy atom. The van der Waals surface area contributed by atoms with Crippen LogP contribution in [0.25, 0.3) is 0 Å². The number of hydrogen-bond acceptors (Lipinski definition) is 4. The Balaban J connectivity index is 1.50. The molecule has 0 unspecified atom stereocenters. The maximum absolute atomic E-state index is 13.6. The molecule has 1 aromatic heterocycles. The Morgan fingerprint density at radius 3 is 2.75 bits per heavy atom. The molecule has 1 aliphatic rings. The number of nitrogens with one attached hydrogen (secondary N) is 1. The van der Waals surface area contributed by atoms with E-state index in [0.717, 1.165) is 43.9 Å². The summed E-state index contributed by atoms with van der Waals surface area (Å²) in [6.45, 7) is 2.69. The van der Waals surface area contributed by atoms with Crippen LogP contribution in [0.3, 0.4) is 0 Å². The first kappa shape index (κ1) is 22.0. The molecule has 0 radical (unpaired) electrons. The van der Waals surface area contributed by atoms with Crippen molar-refractivity contribution >= 4 is 5.91 Å². The Morgan fingerprint density at radius 1 is 1.19 bits per heavy atom. The highest BCUT2D eigenvalue weighted by atomic mass is 19.1. The van der Waals surface area contributed by atoms with E-state index in [1.165, 1.54) is 17.7 Å². The standard InChI is InChI=1S/C26H28FN3O2/c1-32-23-12-10-19(11-13-23)17-30-15-5-7-21(18-30)25(24-9-2-3-14-28-24)29-26(31)20-6-4-8-22(27)16-20/h2-4,6,8-14,16,21,25H,5,7,15,17-18H2,1H3,(H,29,31)/t21-,25+/m0/s1. The lowest BCUT2D eigenvalue weighted by atomic mass is 9.88. The summed E-state index contributed by atoms with van der Waals surface area (Å²) in [6.07, 6.45) is 3.78. The Kier molecular flexibility index (Phi) is 7.12. The second-order valence-electron chi connectivity index (χ2n) is 8.20. The van der Waals surface area contributed by atoms with Gasteiger partial charge in [-0.3, -0.25) is 14.7 Å². The van der Waals surface area contributed by atoms with E-state index < -0.39 is 5.82 Å². The summed E-state index contributed by atoms with van der Waals surface area (Å²) in [5, 5.41) is 3.13. The van der Waals surface area contributed by atoms with Crippen molar-refractivity contribution in [2.24, 2.45) is 5.92 Å². The second kappa shape index (κ2) is 10.4. The van der Waals surface area contributed by atoms with Crippen LogP contribution < -0.4 is 10.1 Å². The van der Waals surface area contributed by atoms with E-state index in [4.69, 9.17) is 4.74 Å². The molecule has 0 spiro atoms. The van der Waals surface area contributed by atoms with Crippen LogP contribution in [0.2, 0.25) is 0 Å². The summed E-state index contributed by atoms with van der Waals surface area (Å²) < 4.78 is 18.9. The van der Waals surface area contributed by atoms with Crippen molar-refractivity contribution in [3.05, 3.63) is 95.6 Å². The van der Waals surface area contributed by atoms with Crippen LogP contribution in [0.5, 0.6) is 5.75 Å². The van der Waals surface area contributed by atoms with Gasteiger partial charge in [0.15, 0.2) is 0 Å². The minimum absolute atomic E-state index is 0.203. The number of amides is 1. The van der Waals surface area contributed by atoms with Gasteiger partial charge in [-0.15, -0.1) is 0 Å². The average Bonchev–Trinajstić information content (AvgIpc) is 2.83. The summed E-state index contributed by atoms with van der Waals surface area (Å²) in [5.74, 6) is 0.345. The molecule has 1 amide bonds. The molecule has 0 saturated carbocycles. The summed E-state index contributed by atoms with van der Waals surface area (Å²) in [6, 6.07) is 19.4. The van der Waals surface area contributed by atoms with Crippen LogP contribution in [0.4, 0.5) is 4.39 Å². The fourth-order valence-electron chi connectivity index (χ4n) is 4.34. The molecule has 1 N–H and O–H groups in total. The number of likely N-dealkylation sites (tertiary alicyclic amines) is 1. The third-order valence-electron chi connectivity index (χ3n) is 5.96. The molecule has 0 aliphatic carbocycles. The van der Waals surface area contributed by atoms with E-state index in [1.54, 1.807) is 25.4 Å². The van der Waals surface area contributed by atoms with E-state index in [2.05, 4.69) is 27.3 Å². The topological polar surface area (TPSA) is 54.5 Å². The fourth-order valence-corrected chi connectivity index (χ4v) is 4.34. The van der Waals surface area contributed by atoms with E-state index >= 15 is 0 Å². The second-order valence-corrected chi connectivity index (χ2v) is 8.20. The Labute approximate surface area is 188 Å². The van der Waals surface area contributed by atoms with E-state index in [1.807, 2.05) is 30.3 Å². The largest absolute Gasteiger partial charge is 0.497 e. The first-order valence-electron chi connectivity index (χ1n) is 10.9. The zero-order chi connectivity index (χ0) is 22.3. The predicted molar refractivity (Wildman–Crippen MR) is 122 cm³/mol. The van der Waals surface area contributed by atoms with Crippen molar-refractivity contribution in [1.82, 2.24) is 15.2 Å². The number of carbonyl (C=O) groups excluding carboxylic acids is 1. The SMILES string of the molecule is COc1ccc(CN2CCC[C@H]([C@@H](NC(=O)c3cccc(F)c3)c3ccccn3)C2)cc1. The molecule has 32 heavy (non-hydrogen) atoms. The third-order valence-corrected chi connectivity index (χ3v) is 5.96. The summed E-state index contributed by atoms with van der Waals surface area (Å²) >= 11 is 0. The van der Waals surface area contributed by atoms with Gasteiger partial charge in [0.05, 0.1) is 18.8 Å². The van der Waals surface area contributed by atoms with Crippen molar-refractivity contribution in [3.63, 3.8) is 0 Å². The third kappa shape index (κ3) is 5.51. The number of halogens is 1. The van der Waals surface area contributed by atoms with Gasteiger partial charge >= 0.3 is 0 Å². The highest BCUT2D eigenvalue weighted by Gasteiger charge is 2.30. The van der Waals surface area contributed by atoms with Gasteiger partial charge < -0.3 is 10.1 Å². The van der Waals surface area contributed by atoms with E-state index in [0.29, 0.717) is 5.56 Å². The van der Waals surface area contributed by atoms with Crippen LogP contribution in [-0.4, -0.2) is 36.0 Å². The summed E-state index contributed by atoms with van der Waals surface area (Å²) in [7, 11) is 1.67. The van der Waals surface area contributed by atoms with Crippen molar-refractivity contribution in [2.75, 3.05) is 20.2 Å². The molecular formula is C26H28FN3O2. The molecule has 1 fully saturated rings. The Bertz CT molecular complexity index is 1030. The molecule has 4 rings (SSSR count). The van der Waals surface area contributed by atoms with Crippen molar-refractivity contribution in [2.45, 2.75) is 25.4 Å². The van der Waals surface area contributed by atoms with Crippen LogP contribution in [0.15, 0.2) is 72.9 Å².